The van der Waals surface area contributed by atoms with Crippen LogP contribution in [-0.2, 0) is 32.3 Å². The minimum atomic E-state index is -3.31. The molecular weight excluding hydrogens is 356 g/mol. The van der Waals surface area contributed by atoms with Gasteiger partial charge >= 0.3 is 0 Å². The van der Waals surface area contributed by atoms with E-state index in [0.717, 1.165) is 0 Å². The number of rotatable bonds is 4. The third kappa shape index (κ3) is 3.36. The molecule has 4 heterocycles. The summed E-state index contributed by atoms with van der Waals surface area (Å²) in [7, 11) is -3.31. The first-order chi connectivity index (χ1) is 12.5. The van der Waals surface area contributed by atoms with Crippen LogP contribution in [0.15, 0.2) is 42.9 Å². The molecule has 0 saturated carbocycles. The molecule has 0 N–H and O–H groups in total. The number of carbonyl (C=O) groups is 1. The number of nitrogens with zero attached hydrogens (tertiary/aromatic N) is 4. The zero-order valence-electron chi connectivity index (χ0n) is 14.2. The molecule has 138 valence electrons. The summed E-state index contributed by atoms with van der Waals surface area (Å²) in [6, 6.07) is 7.19. The molecule has 2 aromatic heterocycles. The van der Waals surface area contributed by atoms with Gasteiger partial charge in [-0.3, -0.25) is 14.5 Å². The predicted octanol–water partition coefficient (Wildman–Crippen LogP) is -0.0846. The van der Waals surface area contributed by atoms with Crippen molar-refractivity contribution in [2.75, 3.05) is 25.4 Å². The van der Waals surface area contributed by atoms with E-state index in [1.165, 1.54) is 0 Å². The Kier molecular flexibility index (Phi) is 4.28. The van der Waals surface area contributed by atoms with Crippen molar-refractivity contribution in [2.24, 2.45) is 0 Å². The second-order valence-electron chi connectivity index (χ2n) is 6.90. The lowest BCUT2D eigenvalue weighted by Gasteiger charge is -2.52. The van der Waals surface area contributed by atoms with Gasteiger partial charge in [0.2, 0.25) is 5.91 Å². The summed E-state index contributed by atoms with van der Waals surface area (Å²) < 4.78 is 32.8. The number of hydrogen-bond donors (Lipinski definition) is 0. The van der Waals surface area contributed by atoms with Crippen LogP contribution in [0.5, 0.6) is 0 Å². The Balaban J connectivity index is 1.35. The van der Waals surface area contributed by atoms with E-state index in [1.807, 2.05) is 6.07 Å². The summed E-state index contributed by atoms with van der Waals surface area (Å²) in [5.74, 6) is -0.117. The van der Waals surface area contributed by atoms with E-state index in [2.05, 4.69) is 10.1 Å². The van der Waals surface area contributed by atoms with Gasteiger partial charge in [-0.1, -0.05) is 6.07 Å². The zero-order valence-corrected chi connectivity index (χ0v) is 15.0. The molecule has 2 fully saturated rings. The van der Waals surface area contributed by atoms with E-state index in [-0.39, 0.29) is 31.2 Å². The minimum Gasteiger partial charge on any atom is -0.369 e. The normalized spacial score (nSPS) is 23.5. The third-order valence-corrected chi connectivity index (χ3v) is 7.10. The van der Waals surface area contributed by atoms with Crippen LogP contribution >= 0.6 is 0 Å². The zero-order chi connectivity index (χ0) is 18.2. The van der Waals surface area contributed by atoms with Crippen molar-refractivity contribution in [1.29, 1.82) is 0 Å². The minimum absolute atomic E-state index is 0.0562. The van der Waals surface area contributed by atoms with Crippen molar-refractivity contribution < 1.29 is 17.9 Å². The van der Waals surface area contributed by atoms with E-state index >= 15 is 0 Å². The quantitative estimate of drug-likeness (QED) is 0.741. The molecule has 1 atom stereocenters. The molecule has 1 spiro atoms. The first-order valence-corrected chi connectivity index (χ1v) is 10.2. The Morgan fingerprint density at radius 2 is 2.12 bits per heavy atom. The van der Waals surface area contributed by atoms with Crippen LogP contribution in [-0.4, -0.2) is 70.3 Å². The van der Waals surface area contributed by atoms with Gasteiger partial charge in [-0.15, -0.1) is 0 Å². The van der Waals surface area contributed by atoms with Crippen LogP contribution in [0.3, 0.4) is 0 Å². The highest BCUT2D eigenvalue weighted by molar-refractivity contribution is 7.92. The number of ether oxygens (including phenoxy) is 1. The van der Waals surface area contributed by atoms with Gasteiger partial charge in [0.05, 0.1) is 38.4 Å². The number of carbonyl (C=O) groups excluding carboxylic acids is 1. The molecule has 0 unspecified atom stereocenters. The number of amides is 1. The molecule has 8 nitrogen and oxygen atoms in total. The van der Waals surface area contributed by atoms with Crippen molar-refractivity contribution >= 4 is 15.7 Å². The van der Waals surface area contributed by atoms with Crippen LogP contribution in [0, 0.1) is 0 Å². The SMILES string of the molecule is O=C(Cc1ccccn1)N1CC2(C1)CS(=O)(=O)[C@@H](Cn1cccn1)CO2. The van der Waals surface area contributed by atoms with Crippen LogP contribution in [0.4, 0.5) is 0 Å². The van der Waals surface area contributed by atoms with Gasteiger partial charge in [-0.05, 0) is 18.2 Å². The molecule has 2 saturated heterocycles. The van der Waals surface area contributed by atoms with Crippen molar-refractivity contribution in [2.45, 2.75) is 23.8 Å². The lowest BCUT2D eigenvalue weighted by molar-refractivity contribution is -0.164. The molecule has 26 heavy (non-hydrogen) atoms. The lowest BCUT2D eigenvalue weighted by Crippen LogP contribution is -2.70. The fourth-order valence-electron chi connectivity index (χ4n) is 3.46. The lowest BCUT2D eigenvalue weighted by atomic mass is 9.95. The first-order valence-electron chi connectivity index (χ1n) is 8.46. The highest BCUT2D eigenvalue weighted by Gasteiger charge is 2.53. The topological polar surface area (TPSA) is 94.4 Å². The average molecular weight is 376 g/mol. The Hall–Kier alpha value is -2.26. The molecule has 0 bridgehead atoms. The smallest absolute Gasteiger partial charge is 0.228 e. The van der Waals surface area contributed by atoms with E-state index in [1.54, 1.807) is 46.4 Å². The number of aromatic nitrogens is 3. The maximum absolute atomic E-state index is 12.6. The summed E-state index contributed by atoms with van der Waals surface area (Å²) in [6.07, 6.45) is 5.22. The fourth-order valence-corrected chi connectivity index (χ4v) is 5.35. The van der Waals surface area contributed by atoms with Gasteiger partial charge < -0.3 is 9.64 Å². The highest BCUT2D eigenvalue weighted by atomic mass is 32.2. The molecule has 9 heteroatoms. The molecule has 2 aromatic rings. The molecule has 0 aliphatic carbocycles. The van der Waals surface area contributed by atoms with Crippen molar-refractivity contribution in [3.05, 3.63) is 48.5 Å². The van der Waals surface area contributed by atoms with Gasteiger partial charge in [0.1, 0.15) is 10.9 Å². The van der Waals surface area contributed by atoms with Crippen LogP contribution in [0.2, 0.25) is 0 Å². The number of hydrogen-bond acceptors (Lipinski definition) is 6. The van der Waals surface area contributed by atoms with Gasteiger partial charge in [0.15, 0.2) is 9.84 Å². The van der Waals surface area contributed by atoms with E-state index in [9.17, 15) is 13.2 Å². The Labute approximate surface area is 151 Å². The Bertz CT molecular complexity index is 877. The van der Waals surface area contributed by atoms with Crippen molar-refractivity contribution in [3.8, 4) is 0 Å². The molecule has 2 aliphatic rings. The third-order valence-electron chi connectivity index (χ3n) is 4.87. The van der Waals surface area contributed by atoms with Crippen LogP contribution < -0.4 is 0 Å². The van der Waals surface area contributed by atoms with Crippen molar-refractivity contribution in [1.82, 2.24) is 19.7 Å². The highest BCUT2D eigenvalue weighted by Crippen LogP contribution is 2.33. The Morgan fingerprint density at radius 1 is 1.27 bits per heavy atom. The summed E-state index contributed by atoms with van der Waals surface area (Å²) in [5.41, 5.74) is -0.0610. The molecule has 0 aromatic carbocycles. The van der Waals surface area contributed by atoms with E-state index in [0.29, 0.717) is 18.8 Å². The summed E-state index contributed by atoms with van der Waals surface area (Å²) in [4.78, 5) is 18.1. The van der Waals surface area contributed by atoms with E-state index in [4.69, 9.17) is 4.74 Å². The molecule has 0 radical (unpaired) electrons. The maximum atomic E-state index is 12.6. The fraction of sp³-hybridized carbons (Fsp3) is 0.471. The predicted molar refractivity (Wildman–Crippen MR) is 93.0 cm³/mol. The average Bonchev–Trinajstić information content (AvgIpc) is 3.08. The van der Waals surface area contributed by atoms with Gasteiger partial charge in [-0.2, -0.15) is 5.10 Å². The first kappa shape index (κ1) is 17.2. The molecular formula is C17H20N4O4S. The van der Waals surface area contributed by atoms with Gasteiger partial charge in [0.25, 0.3) is 0 Å². The van der Waals surface area contributed by atoms with Crippen LogP contribution in [0.25, 0.3) is 0 Å². The largest absolute Gasteiger partial charge is 0.369 e. The molecule has 1 amide bonds. The summed E-state index contributed by atoms with van der Waals surface area (Å²) in [5, 5.41) is 3.45. The van der Waals surface area contributed by atoms with Gasteiger partial charge in [-0.25, -0.2) is 8.42 Å². The standard InChI is InChI=1S/C17H20N4O4S/c22-16(8-14-4-1-2-5-18-14)20-11-17(12-20)13-26(23,24)15(10-25-17)9-21-7-3-6-19-21/h1-7,15H,8-13H2/t15-/m0/s1. The van der Waals surface area contributed by atoms with Gasteiger partial charge in [0, 0.05) is 24.3 Å². The van der Waals surface area contributed by atoms with E-state index < -0.39 is 20.7 Å². The summed E-state index contributed by atoms with van der Waals surface area (Å²) >= 11 is 0. The number of likely N-dealkylation sites (tertiary alicyclic amines) is 1. The second-order valence-corrected chi connectivity index (χ2v) is 9.18. The number of pyridine rings is 1. The summed E-state index contributed by atoms with van der Waals surface area (Å²) in [6.45, 7) is 1.04. The van der Waals surface area contributed by atoms with Crippen LogP contribution in [0.1, 0.15) is 5.69 Å². The monoisotopic (exact) mass is 376 g/mol. The number of sulfone groups is 1. The second kappa shape index (κ2) is 6.48. The van der Waals surface area contributed by atoms with Crippen molar-refractivity contribution in [3.63, 3.8) is 0 Å². The maximum Gasteiger partial charge on any atom is 0.228 e. The molecule has 2 aliphatic heterocycles. The Morgan fingerprint density at radius 3 is 2.77 bits per heavy atom. The molecule has 4 rings (SSSR count).